The van der Waals surface area contributed by atoms with E-state index in [1.54, 1.807) is 18.2 Å². The lowest BCUT2D eigenvalue weighted by atomic mass is 10.3. The maximum Gasteiger partial charge on any atom is 0.311 e. The Morgan fingerprint density at radius 2 is 1.67 bits per heavy atom. The van der Waals surface area contributed by atoms with Crippen LogP contribution in [0.3, 0.4) is 0 Å². The zero-order valence-corrected chi connectivity index (χ0v) is 11.4. The fraction of sp³-hybridized carbons (Fsp3) is 0.154. The number of rotatable bonds is 5. The van der Waals surface area contributed by atoms with E-state index < -0.39 is 4.92 Å². The van der Waals surface area contributed by atoms with Crippen molar-refractivity contribution in [1.29, 1.82) is 0 Å². The van der Waals surface area contributed by atoms with Gasteiger partial charge in [-0.05, 0) is 0 Å². The van der Waals surface area contributed by atoms with Crippen molar-refractivity contribution in [2.75, 3.05) is 20.0 Å². The van der Waals surface area contributed by atoms with E-state index in [0.717, 1.165) is 0 Å². The fourth-order valence-electron chi connectivity index (χ4n) is 1.62. The lowest BCUT2D eigenvalue weighted by Gasteiger charge is -2.09. The molecule has 2 aromatic rings. The molecule has 1 aromatic carbocycles. The molecule has 0 aliphatic heterocycles. The van der Waals surface area contributed by atoms with Crippen molar-refractivity contribution in [2.24, 2.45) is 0 Å². The second kappa shape index (κ2) is 5.95. The average molecular weight is 291 g/mol. The van der Waals surface area contributed by atoms with Gasteiger partial charge in [0, 0.05) is 30.3 Å². The number of nitro groups is 1. The van der Waals surface area contributed by atoms with E-state index >= 15 is 0 Å². The molecule has 0 atom stereocenters. The number of aromatic nitrogens is 1. The highest BCUT2D eigenvalue weighted by Crippen LogP contribution is 2.31. The van der Waals surface area contributed by atoms with Crippen molar-refractivity contribution in [3.63, 3.8) is 0 Å². The van der Waals surface area contributed by atoms with Crippen molar-refractivity contribution in [2.45, 2.75) is 0 Å². The summed E-state index contributed by atoms with van der Waals surface area (Å²) in [6.07, 6.45) is 0. The van der Waals surface area contributed by atoms with Gasteiger partial charge in [-0.15, -0.1) is 0 Å². The molecule has 0 radical (unpaired) electrons. The van der Waals surface area contributed by atoms with E-state index in [2.05, 4.69) is 4.98 Å². The SMILES string of the molecule is COc1cc(OC)cc(Oc2ccc([N+](=O)[O-])c(N)n2)c1. The van der Waals surface area contributed by atoms with Gasteiger partial charge in [0.15, 0.2) is 0 Å². The minimum atomic E-state index is -0.610. The highest BCUT2D eigenvalue weighted by molar-refractivity contribution is 5.54. The summed E-state index contributed by atoms with van der Waals surface area (Å²) in [6.45, 7) is 0. The number of benzene rings is 1. The lowest BCUT2D eigenvalue weighted by molar-refractivity contribution is -0.384. The quantitative estimate of drug-likeness (QED) is 0.665. The van der Waals surface area contributed by atoms with Gasteiger partial charge in [0.05, 0.1) is 19.1 Å². The molecule has 0 saturated carbocycles. The first-order valence-corrected chi connectivity index (χ1v) is 5.85. The number of hydrogen-bond donors (Lipinski definition) is 1. The molecule has 8 heteroatoms. The van der Waals surface area contributed by atoms with Gasteiger partial charge in [-0.2, -0.15) is 4.98 Å². The van der Waals surface area contributed by atoms with E-state index in [1.165, 1.54) is 26.4 Å². The Morgan fingerprint density at radius 1 is 1.10 bits per heavy atom. The largest absolute Gasteiger partial charge is 0.496 e. The average Bonchev–Trinajstić information content (AvgIpc) is 2.46. The third-order valence-corrected chi connectivity index (χ3v) is 2.62. The third kappa shape index (κ3) is 3.30. The van der Waals surface area contributed by atoms with Gasteiger partial charge in [-0.3, -0.25) is 10.1 Å². The molecular formula is C13H13N3O5. The first-order chi connectivity index (χ1) is 10.0. The second-order valence-electron chi connectivity index (χ2n) is 3.96. The Hall–Kier alpha value is -3.03. The smallest absolute Gasteiger partial charge is 0.311 e. The van der Waals surface area contributed by atoms with Crippen LogP contribution in [0.1, 0.15) is 0 Å². The Balaban J connectivity index is 2.29. The molecule has 0 aliphatic rings. The van der Waals surface area contributed by atoms with Crippen LogP contribution >= 0.6 is 0 Å². The number of methoxy groups -OCH3 is 2. The Kier molecular flexibility index (Phi) is 4.07. The Bertz CT molecular complexity index is 653. The molecule has 1 heterocycles. The number of anilines is 1. The molecular weight excluding hydrogens is 278 g/mol. The van der Waals surface area contributed by atoms with Gasteiger partial charge in [0.25, 0.3) is 0 Å². The maximum atomic E-state index is 10.7. The summed E-state index contributed by atoms with van der Waals surface area (Å²) >= 11 is 0. The van der Waals surface area contributed by atoms with Gasteiger partial charge >= 0.3 is 5.69 Å². The second-order valence-corrected chi connectivity index (χ2v) is 3.96. The number of ether oxygens (including phenoxy) is 3. The standard InChI is InChI=1S/C13H13N3O5/c1-19-8-5-9(20-2)7-10(6-8)21-12-4-3-11(16(17)18)13(14)15-12/h3-7H,1-2H3,(H2,14,15). The van der Waals surface area contributed by atoms with E-state index in [1.807, 2.05) is 0 Å². The normalized spacial score (nSPS) is 10.0. The zero-order valence-electron chi connectivity index (χ0n) is 11.4. The molecule has 0 saturated heterocycles. The Labute approximate surface area is 120 Å². The van der Waals surface area contributed by atoms with Crippen molar-refractivity contribution >= 4 is 11.5 Å². The molecule has 0 fully saturated rings. The molecule has 21 heavy (non-hydrogen) atoms. The summed E-state index contributed by atoms with van der Waals surface area (Å²) in [7, 11) is 3.03. The summed E-state index contributed by atoms with van der Waals surface area (Å²) < 4.78 is 15.7. The van der Waals surface area contributed by atoms with Crippen molar-refractivity contribution in [3.05, 3.63) is 40.4 Å². The maximum absolute atomic E-state index is 10.7. The third-order valence-electron chi connectivity index (χ3n) is 2.62. The summed E-state index contributed by atoms with van der Waals surface area (Å²) in [5, 5.41) is 10.7. The minimum Gasteiger partial charge on any atom is -0.496 e. The van der Waals surface area contributed by atoms with Gasteiger partial charge in [0.2, 0.25) is 11.7 Å². The van der Waals surface area contributed by atoms with Crippen molar-refractivity contribution < 1.29 is 19.1 Å². The van der Waals surface area contributed by atoms with Gasteiger partial charge in [-0.25, -0.2) is 0 Å². The van der Waals surface area contributed by atoms with Crippen LogP contribution in [0.25, 0.3) is 0 Å². The monoisotopic (exact) mass is 291 g/mol. The molecule has 2 N–H and O–H groups in total. The molecule has 1 aromatic heterocycles. The number of nitrogens with zero attached hydrogens (tertiary/aromatic N) is 2. The number of hydrogen-bond acceptors (Lipinski definition) is 7. The van der Waals surface area contributed by atoms with Crippen LogP contribution in [0.2, 0.25) is 0 Å². The van der Waals surface area contributed by atoms with Crippen LogP contribution < -0.4 is 19.9 Å². The molecule has 0 unspecified atom stereocenters. The fourth-order valence-corrected chi connectivity index (χ4v) is 1.62. The first kappa shape index (κ1) is 14.4. The van der Waals surface area contributed by atoms with Crippen LogP contribution in [0.5, 0.6) is 23.1 Å². The minimum absolute atomic E-state index is 0.133. The Morgan fingerprint density at radius 3 is 2.14 bits per heavy atom. The first-order valence-electron chi connectivity index (χ1n) is 5.85. The van der Waals surface area contributed by atoms with Crippen LogP contribution in [0, 0.1) is 10.1 Å². The molecule has 0 amide bonds. The van der Waals surface area contributed by atoms with E-state index in [9.17, 15) is 10.1 Å². The highest BCUT2D eigenvalue weighted by Gasteiger charge is 2.14. The number of pyridine rings is 1. The van der Waals surface area contributed by atoms with Crippen molar-refractivity contribution in [3.8, 4) is 23.1 Å². The van der Waals surface area contributed by atoms with Crippen molar-refractivity contribution in [1.82, 2.24) is 4.98 Å². The zero-order chi connectivity index (χ0) is 15.4. The molecule has 8 nitrogen and oxygen atoms in total. The number of nitrogens with two attached hydrogens (primary N) is 1. The van der Waals surface area contributed by atoms with Gasteiger partial charge < -0.3 is 19.9 Å². The summed E-state index contributed by atoms with van der Waals surface area (Å²) in [5.74, 6) is 1.41. The van der Waals surface area contributed by atoms with Gasteiger partial charge in [-0.1, -0.05) is 0 Å². The highest BCUT2D eigenvalue weighted by atomic mass is 16.6. The molecule has 0 aliphatic carbocycles. The topological polar surface area (TPSA) is 110 Å². The molecule has 0 bridgehead atoms. The molecule has 110 valence electrons. The van der Waals surface area contributed by atoms with Crippen LogP contribution in [-0.4, -0.2) is 24.1 Å². The summed E-state index contributed by atoms with van der Waals surface area (Å²) in [5.41, 5.74) is 5.23. The predicted octanol–water partition coefficient (Wildman–Crippen LogP) is 2.38. The van der Waals surface area contributed by atoms with E-state index in [4.69, 9.17) is 19.9 Å². The molecule has 0 spiro atoms. The number of nitrogen functional groups attached to an aromatic ring is 1. The van der Waals surface area contributed by atoms with Gasteiger partial charge in [0.1, 0.15) is 17.2 Å². The van der Waals surface area contributed by atoms with E-state index in [0.29, 0.717) is 17.2 Å². The van der Waals surface area contributed by atoms with Crippen LogP contribution in [-0.2, 0) is 0 Å². The summed E-state index contributed by atoms with van der Waals surface area (Å²) in [4.78, 5) is 13.9. The van der Waals surface area contributed by atoms with E-state index in [-0.39, 0.29) is 17.4 Å². The summed E-state index contributed by atoms with van der Waals surface area (Å²) in [6, 6.07) is 7.53. The van der Waals surface area contributed by atoms with Crippen LogP contribution in [0.15, 0.2) is 30.3 Å². The van der Waals surface area contributed by atoms with Crippen LogP contribution in [0.4, 0.5) is 11.5 Å². The predicted molar refractivity (Wildman–Crippen MR) is 74.9 cm³/mol. The molecule has 2 rings (SSSR count). The lowest BCUT2D eigenvalue weighted by Crippen LogP contribution is -1.99.